The lowest BCUT2D eigenvalue weighted by Gasteiger charge is -2.26. The van der Waals surface area contributed by atoms with E-state index in [2.05, 4.69) is 78.5 Å². The van der Waals surface area contributed by atoms with Gasteiger partial charge in [-0.25, -0.2) is 0 Å². The number of rotatable bonds is 5. The lowest BCUT2D eigenvalue weighted by Crippen LogP contribution is -2.28. The first-order valence-corrected chi connectivity index (χ1v) is 9.04. The van der Waals surface area contributed by atoms with Gasteiger partial charge in [-0.1, -0.05) is 66.7 Å². The van der Waals surface area contributed by atoms with E-state index in [1.165, 1.54) is 5.70 Å². The molecule has 128 valence electrons. The predicted octanol–water partition coefficient (Wildman–Crippen LogP) is 4.90. The van der Waals surface area contributed by atoms with Crippen LogP contribution >= 0.6 is 0 Å². The molecule has 0 N–H and O–H groups in total. The minimum atomic E-state index is 0.903. The highest BCUT2D eigenvalue weighted by atomic mass is 15.2. The van der Waals surface area contributed by atoms with Crippen molar-refractivity contribution in [1.82, 2.24) is 4.90 Å². The summed E-state index contributed by atoms with van der Waals surface area (Å²) in [4.78, 5) is 2.36. The SMILES string of the molecule is CCN(CC)C1=CCCC(c2ccccc2)=NN=C1c1ccccc1. The molecule has 0 bridgehead atoms. The molecule has 0 fully saturated rings. The number of allylic oxidation sites excluding steroid dienone is 2. The Morgan fingerprint density at radius 1 is 0.800 bits per heavy atom. The van der Waals surface area contributed by atoms with Crippen molar-refractivity contribution in [2.45, 2.75) is 26.7 Å². The van der Waals surface area contributed by atoms with Gasteiger partial charge in [-0.15, -0.1) is 5.10 Å². The molecule has 1 aliphatic rings. The lowest BCUT2D eigenvalue weighted by molar-refractivity contribution is 0.399. The van der Waals surface area contributed by atoms with Crippen molar-refractivity contribution >= 4 is 11.4 Å². The number of benzene rings is 2. The predicted molar refractivity (Wildman–Crippen MR) is 106 cm³/mol. The van der Waals surface area contributed by atoms with Crippen LogP contribution in [0.4, 0.5) is 0 Å². The summed E-state index contributed by atoms with van der Waals surface area (Å²) in [6, 6.07) is 20.7. The summed E-state index contributed by atoms with van der Waals surface area (Å²) < 4.78 is 0. The topological polar surface area (TPSA) is 28.0 Å². The molecule has 0 amide bonds. The molecule has 25 heavy (non-hydrogen) atoms. The van der Waals surface area contributed by atoms with Gasteiger partial charge < -0.3 is 4.90 Å². The molecule has 1 aliphatic heterocycles. The van der Waals surface area contributed by atoms with Crippen LogP contribution in [-0.4, -0.2) is 29.4 Å². The van der Waals surface area contributed by atoms with Crippen LogP contribution in [0.1, 0.15) is 37.8 Å². The summed E-state index contributed by atoms with van der Waals surface area (Å²) in [7, 11) is 0. The summed E-state index contributed by atoms with van der Waals surface area (Å²) in [6.45, 7) is 6.29. The third-order valence-electron chi connectivity index (χ3n) is 4.49. The highest BCUT2D eigenvalue weighted by Gasteiger charge is 2.17. The Morgan fingerprint density at radius 3 is 2.00 bits per heavy atom. The number of hydrogen-bond acceptors (Lipinski definition) is 3. The Kier molecular flexibility index (Phi) is 5.78. The quantitative estimate of drug-likeness (QED) is 0.766. The normalized spacial score (nSPS) is 14.7. The van der Waals surface area contributed by atoms with Crippen LogP contribution in [0.15, 0.2) is 82.6 Å². The van der Waals surface area contributed by atoms with E-state index < -0.39 is 0 Å². The Balaban J connectivity index is 2.06. The van der Waals surface area contributed by atoms with Crippen LogP contribution in [0, 0.1) is 0 Å². The van der Waals surface area contributed by atoms with E-state index >= 15 is 0 Å². The van der Waals surface area contributed by atoms with Crippen molar-refractivity contribution in [3.63, 3.8) is 0 Å². The number of hydrogen-bond donors (Lipinski definition) is 0. The molecule has 3 heteroatoms. The van der Waals surface area contributed by atoms with E-state index in [9.17, 15) is 0 Å². The van der Waals surface area contributed by atoms with Gasteiger partial charge in [0.2, 0.25) is 0 Å². The van der Waals surface area contributed by atoms with E-state index in [4.69, 9.17) is 5.10 Å². The lowest BCUT2D eigenvalue weighted by atomic mass is 10.0. The van der Waals surface area contributed by atoms with E-state index in [0.717, 1.165) is 48.5 Å². The second-order valence-corrected chi connectivity index (χ2v) is 6.03. The summed E-state index contributed by atoms with van der Waals surface area (Å²) in [6.07, 6.45) is 4.18. The fourth-order valence-electron chi connectivity index (χ4n) is 3.13. The van der Waals surface area contributed by atoms with Gasteiger partial charge in [-0.3, -0.25) is 0 Å². The van der Waals surface area contributed by atoms with Gasteiger partial charge in [-0.2, -0.15) is 5.10 Å². The fourth-order valence-corrected chi connectivity index (χ4v) is 3.13. The zero-order chi connectivity index (χ0) is 17.5. The van der Waals surface area contributed by atoms with Gasteiger partial charge in [-0.05, 0) is 32.3 Å². The molecule has 0 aliphatic carbocycles. The van der Waals surface area contributed by atoms with Crippen LogP contribution < -0.4 is 0 Å². The molecule has 2 aromatic carbocycles. The van der Waals surface area contributed by atoms with Crippen LogP contribution in [0.5, 0.6) is 0 Å². The van der Waals surface area contributed by atoms with E-state index in [-0.39, 0.29) is 0 Å². The summed E-state index contributed by atoms with van der Waals surface area (Å²) in [5, 5.41) is 9.35. The van der Waals surface area contributed by atoms with Gasteiger partial charge in [0.05, 0.1) is 11.4 Å². The van der Waals surface area contributed by atoms with Crippen molar-refractivity contribution in [1.29, 1.82) is 0 Å². The Hall–Kier alpha value is -2.68. The molecule has 3 rings (SSSR count). The molecule has 1 heterocycles. The first-order chi connectivity index (χ1) is 12.3. The molecular formula is C22H25N3. The van der Waals surface area contributed by atoms with Crippen LogP contribution in [0.25, 0.3) is 0 Å². The van der Waals surface area contributed by atoms with Crippen molar-refractivity contribution in [3.8, 4) is 0 Å². The Morgan fingerprint density at radius 2 is 1.40 bits per heavy atom. The first kappa shape index (κ1) is 17.2. The zero-order valence-electron chi connectivity index (χ0n) is 15.0. The van der Waals surface area contributed by atoms with Gasteiger partial charge in [0, 0.05) is 18.7 Å². The summed E-state index contributed by atoms with van der Waals surface area (Å²) in [5.74, 6) is 0. The largest absolute Gasteiger partial charge is 0.371 e. The smallest absolute Gasteiger partial charge is 0.116 e. The van der Waals surface area contributed by atoms with Crippen molar-refractivity contribution in [2.24, 2.45) is 10.2 Å². The standard InChI is InChI=1S/C22H25N3/c1-3-25(4-2)21-17-11-16-20(18-12-7-5-8-13-18)23-24-22(21)19-14-9-6-10-15-19/h5-10,12-15,17H,3-4,11,16H2,1-2H3. The third-order valence-corrected chi connectivity index (χ3v) is 4.49. The summed E-state index contributed by atoms with van der Waals surface area (Å²) in [5.41, 5.74) is 5.45. The maximum Gasteiger partial charge on any atom is 0.116 e. The number of nitrogens with zero attached hydrogens (tertiary/aromatic N) is 3. The summed E-state index contributed by atoms with van der Waals surface area (Å²) >= 11 is 0. The number of likely N-dealkylation sites (N-methyl/N-ethyl adjacent to an activating group) is 1. The van der Waals surface area contributed by atoms with Crippen LogP contribution in [0.3, 0.4) is 0 Å². The van der Waals surface area contributed by atoms with E-state index in [1.807, 2.05) is 12.1 Å². The second kappa shape index (κ2) is 8.43. The molecule has 2 aromatic rings. The average Bonchev–Trinajstić information content (AvgIpc) is 2.66. The van der Waals surface area contributed by atoms with Gasteiger partial charge in [0.1, 0.15) is 5.71 Å². The van der Waals surface area contributed by atoms with Crippen LogP contribution in [0.2, 0.25) is 0 Å². The molecule has 0 radical (unpaired) electrons. The molecule has 0 aromatic heterocycles. The zero-order valence-corrected chi connectivity index (χ0v) is 15.0. The first-order valence-electron chi connectivity index (χ1n) is 9.04. The van der Waals surface area contributed by atoms with Crippen LogP contribution in [-0.2, 0) is 0 Å². The van der Waals surface area contributed by atoms with Gasteiger partial charge in [0.25, 0.3) is 0 Å². The van der Waals surface area contributed by atoms with E-state index in [1.54, 1.807) is 0 Å². The average molecular weight is 331 g/mol. The molecule has 0 unspecified atom stereocenters. The highest BCUT2D eigenvalue weighted by Crippen LogP contribution is 2.19. The maximum absolute atomic E-state index is 4.70. The minimum Gasteiger partial charge on any atom is -0.371 e. The van der Waals surface area contributed by atoms with Crippen molar-refractivity contribution in [2.75, 3.05) is 13.1 Å². The monoisotopic (exact) mass is 331 g/mol. The van der Waals surface area contributed by atoms with Gasteiger partial charge >= 0.3 is 0 Å². The molecule has 0 spiro atoms. The minimum absolute atomic E-state index is 0.903. The third kappa shape index (κ3) is 4.05. The molecule has 0 saturated heterocycles. The van der Waals surface area contributed by atoms with E-state index in [0.29, 0.717) is 0 Å². The molecule has 0 atom stereocenters. The fraction of sp³-hybridized carbons (Fsp3) is 0.273. The second-order valence-electron chi connectivity index (χ2n) is 6.03. The molecular weight excluding hydrogens is 306 g/mol. The Bertz CT molecular complexity index is 769. The van der Waals surface area contributed by atoms with Crippen molar-refractivity contribution in [3.05, 3.63) is 83.6 Å². The molecule has 0 saturated carbocycles. The molecule has 3 nitrogen and oxygen atoms in total. The highest BCUT2D eigenvalue weighted by molar-refractivity contribution is 6.13. The maximum atomic E-state index is 4.70. The van der Waals surface area contributed by atoms with Crippen molar-refractivity contribution < 1.29 is 0 Å². The Labute approximate surface area is 150 Å². The van der Waals surface area contributed by atoms with Gasteiger partial charge in [0.15, 0.2) is 0 Å².